The van der Waals surface area contributed by atoms with Gasteiger partial charge in [-0.05, 0) is 51.4 Å². The van der Waals surface area contributed by atoms with E-state index in [1.807, 2.05) is 0 Å². The van der Waals surface area contributed by atoms with E-state index < -0.39 is 90.1 Å². The Bertz CT molecular complexity index is 1600. The summed E-state index contributed by atoms with van der Waals surface area (Å²) >= 11 is 0. The van der Waals surface area contributed by atoms with Crippen LogP contribution in [0.1, 0.15) is 130 Å². The molecular formula is C56H92O16Si5. The molecule has 0 rings (SSSR count). The summed E-state index contributed by atoms with van der Waals surface area (Å²) in [5.74, 6) is -4.64. The zero-order chi connectivity index (χ0) is 58.2. The minimum absolute atomic E-state index is 0.0256. The van der Waals surface area contributed by atoms with Crippen molar-refractivity contribution < 1.29 is 73.8 Å². The summed E-state index contributed by atoms with van der Waals surface area (Å²) in [4.78, 5) is 110. The van der Waals surface area contributed by atoms with Crippen molar-refractivity contribution in [3.63, 3.8) is 0 Å². The SMILES string of the molecule is C=CCCC(=O)O[Si](CC)(CC[Si](CC[Si](CC)(OC(=O)CCC=C)OC(=O)CCC=C)(CC[Si](CC)(OC(=O)CCC=C)OC(=O)CCC=C)CC[Si](CC)(OC(=O)CCC=C)OC(=O)CCC=C)OC(=O)CCC=C. The van der Waals surface area contributed by atoms with Gasteiger partial charge in [0.05, 0.1) is 8.07 Å². The summed E-state index contributed by atoms with van der Waals surface area (Å²) in [6.45, 7) is 37.1. The van der Waals surface area contributed by atoms with Gasteiger partial charge >= 0.3 is 34.2 Å². The molecule has 0 aromatic carbocycles. The fraction of sp³-hybridized carbons (Fsp3) is 0.571. The van der Waals surface area contributed by atoms with Crippen LogP contribution in [-0.4, -0.2) is 90.1 Å². The second-order valence-corrected chi connectivity index (χ2v) is 37.7. The van der Waals surface area contributed by atoms with Crippen molar-refractivity contribution >= 4 is 90.1 Å². The maximum absolute atomic E-state index is 13.7. The van der Waals surface area contributed by atoms with Gasteiger partial charge < -0.3 is 35.4 Å². The molecule has 0 amide bonds. The van der Waals surface area contributed by atoms with E-state index in [4.69, 9.17) is 35.4 Å². The highest BCUT2D eigenvalue weighted by Crippen LogP contribution is 2.43. The number of allylic oxidation sites excluding steroid dienone is 8. The van der Waals surface area contributed by atoms with E-state index in [0.717, 1.165) is 0 Å². The third kappa shape index (κ3) is 29.4. The first-order chi connectivity index (χ1) is 36.7. The van der Waals surface area contributed by atoms with Crippen LogP contribution < -0.4 is 0 Å². The van der Waals surface area contributed by atoms with Crippen LogP contribution in [0.5, 0.6) is 0 Å². The highest BCUT2D eigenvalue weighted by Gasteiger charge is 2.54. The maximum Gasteiger partial charge on any atom is 0.463 e. The third-order valence-corrected chi connectivity index (χ3v) is 33.5. The Morgan fingerprint density at radius 3 is 0.494 bits per heavy atom. The fourth-order valence-corrected chi connectivity index (χ4v) is 31.9. The van der Waals surface area contributed by atoms with Crippen molar-refractivity contribution in [3.8, 4) is 0 Å². The highest BCUT2D eigenvalue weighted by atomic mass is 28.4. The van der Waals surface area contributed by atoms with Crippen molar-refractivity contribution in [3.05, 3.63) is 101 Å². The van der Waals surface area contributed by atoms with Gasteiger partial charge in [0.1, 0.15) is 0 Å². The maximum atomic E-state index is 13.7. The van der Waals surface area contributed by atoms with Crippen LogP contribution in [0.2, 0.25) is 72.5 Å². The fourth-order valence-electron chi connectivity index (χ4n) is 8.18. The van der Waals surface area contributed by atoms with Gasteiger partial charge in [0, 0.05) is 99.7 Å². The zero-order valence-corrected chi connectivity index (χ0v) is 52.1. The van der Waals surface area contributed by atoms with Crippen LogP contribution in [-0.2, 0) is 73.8 Å². The van der Waals surface area contributed by atoms with Crippen molar-refractivity contribution in [2.45, 2.75) is 203 Å². The van der Waals surface area contributed by atoms with Crippen molar-refractivity contribution in [2.75, 3.05) is 0 Å². The first-order valence-corrected chi connectivity index (χ1v) is 39.1. The van der Waals surface area contributed by atoms with Crippen LogP contribution in [0.25, 0.3) is 0 Å². The number of hydrogen-bond acceptors (Lipinski definition) is 16. The minimum Gasteiger partial charge on any atom is -0.485 e. The molecule has 0 aliphatic heterocycles. The highest BCUT2D eigenvalue weighted by molar-refractivity contribution is 6.86. The Morgan fingerprint density at radius 1 is 0.260 bits per heavy atom. The summed E-state index contributed by atoms with van der Waals surface area (Å²) in [7, 11) is -18.9. The quantitative estimate of drug-likeness (QED) is 0.0409. The van der Waals surface area contributed by atoms with Crippen LogP contribution in [0.3, 0.4) is 0 Å². The monoisotopic (exact) mass is 1160 g/mol. The molecule has 0 aromatic rings. The Balaban J connectivity index is 8.95. The molecule has 0 aliphatic rings. The molecule has 0 heterocycles. The van der Waals surface area contributed by atoms with Gasteiger partial charge in [0.25, 0.3) is 47.8 Å². The Hall–Kier alpha value is -5.24. The predicted molar refractivity (Wildman–Crippen MR) is 313 cm³/mol. The number of carbonyl (C=O) groups is 8. The lowest BCUT2D eigenvalue weighted by Crippen LogP contribution is -2.52. The summed E-state index contributed by atoms with van der Waals surface area (Å²) in [6.07, 6.45) is 14.9. The molecule has 21 heteroatoms. The molecule has 0 bridgehead atoms. The standard InChI is InChI=1S/C56H92O16Si5/c1-13-25-33-49(57)65-74(21-9,66-50(58)34-26-14-2)45-41-73(42-46-75(22-10,67-51(59)35-27-15-3)68-52(60)36-28-16-4,43-47-76(23-11,69-53(61)37-29-17-5)70-54(62)38-30-18-6)44-48-77(24-12,71-55(63)39-31-19-7)72-56(64)40-32-20-8/h13-20H,1-8,21-48H2,9-12H3. The molecule has 0 N–H and O–H groups in total. The molecule has 77 heavy (non-hydrogen) atoms. The van der Waals surface area contributed by atoms with Gasteiger partial charge in [-0.15, -0.1) is 52.6 Å². The minimum atomic E-state index is -3.87. The number of hydrogen-bond donors (Lipinski definition) is 0. The Kier molecular flexibility index (Phi) is 37.3. The van der Waals surface area contributed by atoms with Crippen LogP contribution in [0.4, 0.5) is 0 Å². The molecule has 0 saturated heterocycles. The van der Waals surface area contributed by atoms with E-state index in [1.54, 1.807) is 76.3 Å². The van der Waals surface area contributed by atoms with Crippen LogP contribution in [0, 0.1) is 0 Å². The van der Waals surface area contributed by atoms with E-state index in [2.05, 4.69) is 52.6 Å². The molecule has 0 fully saturated rings. The topological polar surface area (TPSA) is 210 Å². The van der Waals surface area contributed by atoms with Gasteiger partial charge in [-0.1, -0.05) is 100 Å². The van der Waals surface area contributed by atoms with Crippen molar-refractivity contribution in [1.82, 2.24) is 0 Å². The van der Waals surface area contributed by atoms with Gasteiger partial charge in [-0.3, -0.25) is 38.4 Å². The lowest BCUT2D eigenvalue weighted by atomic mass is 10.3. The summed E-state index contributed by atoms with van der Waals surface area (Å²) in [6, 6.07) is 1.93. The molecule has 16 nitrogen and oxygen atoms in total. The van der Waals surface area contributed by atoms with Crippen LogP contribution in [0.15, 0.2) is 101 Å². The van der Waals surface area contributed by atoms with E-state index in [0.29, 0.717) is 51.4 Å². The zero-order valence-electron chi connectivity index (χ0n) is 47.1. The summed E-state index contributed by atoms with van der Waals surface area (Å²) in [5.41, 5.74) is 0. The second-order valence-electron chi connectivity index (χ2n) is 19.0. The summed E-state index contributed by atoms with van der Waals surface area (Å²) < 4.78 is 50.7. The Labute approximate surface area is 465 Å². The van der Waals surface area contributed by atoms with E-state index in [1.165, 1.54) is 0 Å². The molecule has 0 radical (unpaired) electrons. The lowest BCUT2D eigenvalue weighted by molar-refractivity contribution is -0.143. The normalized spacial score (nSPS) is 11.6. The van der Waals surface area contributed by atoms with Gasteiger partial charge in [-0.2, -0.15) is 0 Å². The van der Waals surface area contributed by atoms with E-state index in [9.17, 15) is 38.4 Å². The third-order valence-electron chi connectivity index (χ3n) is 13.1. The molecule has 0 unspecified atom stereocenters. The molecular weight excluding hydrogens is 1070 g/mol. The predicted octanol–water partition coefficient (Wildman–Crippen LogP) is 13.4. The van der Waals surface area contributed by atoms with E-state index >= 15 is 0 Å². The smallest absolute Gasteiger partial charge is 0.463 e. The first kappa shape index (κ1) is 71.8. The van der Waals surface area contributed by atoms with E-state index in [-0.39, 0.29) is 124 Å². The molecule has 0 atom stereocenters. The lowest BCUT2D eigenvalue weighted by Gasteiger charge is -2.41. The first-order valence-electron chi connectivity index (χ1n) is 27.3. The largest absolute Gasteiger partial charge is 0.485 e. The average Bonchev–Trinajstić information content (AvgIpc) is 3.41. The average molecular weight is 1160 g/mol. The molecule has 0 spiro atoms. The van der Waals surface area contributed by atoms with Crippen molar-refractivity contribution in [2.24, 2.45) is 0 Å². The van der Waals surface area contributed by atoms with Gasteiger partial charge in [0.2, 0.25) is 0 Å². The number of carbonyl (C=O) groups excluding carboxylic acids is 8. The molecule has 0 aromatic heterocycles. The van der Waals surface area contributed by atoms with Gasteiger partial charge in [0.15, 0.2) is 0 Å². The summed E-state index contributed by atoms with van der Waals surface area (Å²) in [5, 5.41) is 0. The molecule has 0 aliphatic carbocycles. The molecule has 432 valence electrons. The Morgan fingerprint density at radius 2 is 0.390 bits per heavy atom. The number of rotatable bonds is 48. The van der Waals surface area contributed by atoms with Crippen molar-refractivity contribution in [1.29, 1.82) is 0 Å². The van der Waals surface area contributed by atoms with Gasteiger partial charge in [-0.25, -0.2) is 0 Å². The molecule has 0 saturated carbocycles. The second kappa shape index (κ2) is 40.0. The van der Waals surface area contributed by atoms with Crippen LogP contribution >= 0.6 is 0 Å².